The van der Waals surface area contributed by atoms with Crippen molar-refractivity contribution in [3.8, 4) is 11.5 Å². The van der Waals surface area contributed by atoms with Gasteiger partial charge in [0, 0.05) is 18.7 Å². The zero-order chi connectivity index (χ0) is 22.6. The Hall–Kier alpha value is -3.70. The highest BCUT2D eigenvalue weighted by Gasteiger charge is 2.43. The summed E-state index contributed by atoms with van der Waals surface area (Å²) in [4.78, 5) is 21.9. The lowest BCUT2D eigenvalue weighted by atomic mass is 9.84. The van der Waals surface area contributed by atoms with E-state index >= 15 is 0 Å². The minimum absolute atomic E-state index is 0.0752. The highest BCUT2D eigenvalue weighted by atomic mass is 19.3. The average Bonchev–Trinajstić information content (AvgIpc) is 3.30. The summed E-state index contributed by atoms with van der Waals surface area (Å²) >= 11 is 0. The van der Waals surface area contributed by atoms with Gasteiger partial charge >= 0.3 is 6.29 Å². The Kier molecular flexibility index (Phi) is 4.53. The van der Waals surface area contributed by atoms with E-state index in [-0.39, 0.29) is 34.8 Å². The Bertz CT molecular complexity index is 1250. The molecule has 1 saturated carbocycles. The smallest absolute Gasteiger partial charge is 0.395 e. The van der Waals surface area contributed by atoms with Crippen molar-refractivity contribution in [3.05, 3.63) is 53.1 Å². The van der Waals surface area contributed by atoms with E-state index in [9.17, 15) is 22.4 Å². The molecule has 1 aromatic carbocycles. The number of ether oxygens (including phenoxy) is 2. The molecule has 12 heteroatoms. The average molecular weight is 449 g/mol. The molecule has 2 aromatic heterocycles. The summed E-state index contributed by atoms with van der Waals surface area (Å²) in [7, 11) is 1.61. The summed E-state index contributed by atoms with van der Waals surface area (Å²) < 4.78 is 62.7. The van der Waals surface area contributed by atoms with E-state index < -0.39 is 18.4 Å². The molecule has 0 unspecified atom stereocenters. The third-order valence-corrected chi connectivity index (χ3v) is 5.39. The Labute approximate surface area is 178 Å². The number of halogens is 4. The number of nitrogens with zero attached hydrogens (tertiary/aromatic N) is 5. The van der Waals surface area contributed by atoms with Crippen LogP contribution in [0.15, 0.2) is 36.2 Å². The van der Waals surface area contributed by atoms with Crippen LogP contribution in [0.5, 0.6) is 11.5 Å². The van der Waals surface area contributed by atoms with Crippen molar-refractivity contribution < 1.29 is 31.8 Å². The first-order valence-electron chi connectivity index (χ1n) is 9.55. The fourth-order valence-electron chi connectivity index (χ4n) is 3.67. The van der Waals surface area contributed by atoms with Crippen molar-refractivity contribution >= 4 is 17.8 Å². The van der Waals surface area contributed by atoms with Crippen LogP contribution in [0, 0.1) is 0 Å². The first-order valence-corrected chi connectivity index (χ1v) is 9.55. The van der Waals surface area contributed by atoms with Gasteiger partial charge in [-0.15, -0.1) is 8.78 Å². The van der Waals surface area contributed by atoms with Gasteiger partial charge in [0.1, 0.15) is 12.0 Å². The predicted octanol–water partition coefficient (Wildman–Crippen LogP) is 3.70. The van der Waals surface area contributed by atoms with Crippen LogP contribution < -0.4 is 9.47 Å². The lowest BCUT2D eigenvalue weighted by Gasteiger charge is -2.37. The minimum Gasteiger partial charge on any atom is -0.395 e. The van der Waals surface area contributed by atoms with Crippen LogP contribution in [-0.2, 0) is 0 Å². The molecule has 166 valence electrons. The van der Waals surface area contributed by atoms with Gasteiger partial charge in [-0.05, 0) is 43.2 Å². The number of hydrogen-bond donors (Lipinski definition) is 0. The molecule has 8 nitrogen and oxygen atoms in total. The molecule has 0 saturated heterocycles. The summed E-state index contributed by atoms with van der Waals surface area (Å²) in [5, 5.41) is 4.00. The SMILES string of the molecule is CN(C(=O)c1ccc2c(c1)OC(F)(F)O2)C1CC(=Cc2cc(C(F)F)nc3ncnn23)C1. The van der Waals surface area contributed by atoms with E-state index in [0.717, 1.165) is 5.57 Å². The molecule has 0 atom stereocenters. The third-order valence-electron chi connectivity index (χ3n) is 5.39. The lowest BCUT2D eigenvalue weighted by molar-refractivity contribution is -0.286. The fourth-order valence-corrected chi connectivity index (χ4v) is 3.67. The number of amides is 1. The zero-order valence-corrected chi connectivity index (χ0v) is 16.5. The molecule has 3 aromatic rings. The van der Waals surface area contributed by atoms with E-state index in [1.807, 2.05) is 0 Å². The van der Waals surface area contributed by atoms with Gasteiger partial charge in [0.2, 0.25) is 0 Å². The third kappa shape index (κ3) is 3.51. The Morgan fingerprint density at radius 1 is 1.25 bits per heavy atom. The van der Waals surface area contributed by atoms with Crippen LogP contribution in [0.25, 0.3) is 11.9 Å². The summed E-state index contributed by atoms with van der Waals surface area (Å²) in [5.41, 5.74) is 1.14. The van der Waals surface area contributed by atoms with Crippen molar-refractivity contribution in [2.24, 2.45) is 0 Å². The van der Waals surface area contributed by atoms with Gasteiger partial charge in [-0.2, -0.15) is 14.6 Å². The quantitative estimate of drug-likeness (QED) is 0.565. The molecule has 0 spiro atoms. The minimum atomic E-state index is -3.75. The summed E-state index contributed by atoms with van der Waals surface area (Å²) in [6.07, 6.45) is -2.49. The van der Waals surface area contributed by atoms with Gasteiger partial charge in [0.15, 0.2) is 11.5 Å². The molecular formula is C20H15F4N5O3. The second-order valence-corrected chi connectivity index (χ2v) is 7.49. The fraction of sp³-hybridized carbons (Fsp3) is 0.300. The largest absolute Gasteiger partial charge is 0.586 e. The van der Waals surface area contributed by atoms with Crippen LogP contribution >= 0.6 is 0 Å². The normalized spacial score (nSPS) is 18.7. The number of carbonyl (C=O) groups excluding carboxylic acids is 1. The van der Waals surface area contributed by atoms with Gasteiger partial charge in [0.05, 0.1) is 5.69 Å². The van der Waals surface area contributed by atoms with Crippen molar-refractivity contribution in [2.75, 3.05) is 7.05 Å². The predicted molar refractivity (Wildman–Crippen MR) is 101 cm³/mol. The van der Waals surface area contributed by atoms with Gasteiger partial charge < -0.3 is 14.4 Å². The zero-order valence-electron chi connectivity index (χ0n) is 16.5. The summed E-state index contributed by atoms with van der Waals surface area (Å²) in [5.74, 6) is -0.625. The Morgan fingerprint density at radius 2 is 2.00 bits per heavy atom. The number of benzene rings is 1. The maximum Gasteiger partial charge on any atom is 0.586 e. The molecule has 1 amide bonds. The molecule has 1 fully saturated rings. The highest BCUT2D eigenvalue weighted by Crippen LogP contribution is 2.41. The molecule has 5 rings (SSSR count). The molecule has 3 heterocycles. The van der Waals surface area contributed by atoms with E-state index in [4.69, 9.17) is 0 Å². The van der Waals surface area contributed by atoms with E-state index in [1.165, 1.54) is 40.0 Å². The van der Waals surface area contributed by atoms with Crippen LogP contribution in [0.3, 0.4) is 0 Å². The van der Waals surface area contributed by atoms with E-state index in [2.05, 4.69) is 24.5 Å². The first kappa shape index (κ1) is 20.2. The van der Waals surface area contributed by atoms with Crippen molar-refractivity contribution in [1.82, 2.24) is 24.5 Å². The van der Waals surface area contributed by atoms with Gasteiger partial charge in [-0.3, -0.25) is 4.79 Å². The van der Waals surface area contributed by atoms with E-state index in [0.29, 0.717) is 18.5 Å². The molecular weight excluding hydrogens is 434 g/mol. The van der Waals surface area contributed by atoms with Crippen molar-refractivity contribution in [3.63, 3.8) is 0 Å². The molecule has 1 aliphatic heterocycles. The van der Waals surface area contributed by atoms with Gasteiger partial charge in [0.25, 0.3) is 18.1 Å². The van der Waals surface area contributed by atoms with Crippen molar-refractivity contribution in [1.29, 1.82) is 0 Å². The van der Waals surface area contributed by atoms with Gasteiger partial charge in [-0.1, -0.05) is 5.57 Å². The Balaban J connectivity index is 1.30. The number of carbonyl (C=O) groups is 1. The van der Waals surface area contributed by atoms with Crippen LogP contribution in [0.4, 0.5) is 17.6 Å². The molecule has 2 aliphatic rings. The molecule has 0 N–H and O–H groups in total. The molecule has 0 bridgehead atoms. The standard InChI is InChI=1S/C20H15F4N5O3/c1-28(18(30)11-2-3-15-16(7-11)32-20(23,24)31-15)12-4-10(5-12)6-13-8-14(17(21)22)27-19-25-9-26-29(13)19/h2-3,6-9,12,17H,4-5H2,1H3. The van der Waals surface area contributed by atoms with Crippen LogP contribution in [-0.4, -0.2) is 49.8 Å². The van der Waals surface area contributed by atoms with Crippen LogP contribution in [0.2, 0.25) is 0 Å². The first-order chi connectivity index (χ1) is 15.2. The summed E-state index contributed by atoms with van der Waals surface area (Å²) in [6, 6.07) is 4.99. The number of alkyl halides is 4. The van der Waals surface area contributed by atoms with Crippen molar-refractivity contribution in [2.45, 2.75) is 31.6 Å². The molecule has 1 aliphatic carbocycles. The van der Waals surface area contributed by atoms with Crippen LogP contribution in [0.1, 0.15) is 41.0 Å². The van der Waals surface area contributed by atoms with Gasteiger partial charge in [-0.25, -0.2) is 13.8 Å². The summed E-state index contributed by atoms with van der Waals surface area (Å²) in [6.45, 7) is 0. The lowest BCUT2D eigenvalue weighted by Crippen LogP contribution is -2.42. The molecule has 0 radical (unpaired) electrons. The number of rotatable bonds is 4. The monoisotopic (exact) mass is 449 g/mol. The second-order valence-electron chi connectivity index (χ2n) is 7.49. The topological polar surface area (TPSA) is 81.9 Å². The highest BCUT2D eigenvalue weighted by molar-refractivity contribution is 5.95. The number of fused-ring (bicyclic) bond motifs is 2. The second kappa shape index (κ2) is 7.18. The number of hydrogen-bond acceptors (Lipinski definition) is 6. The molecule has 32 heavy (non-hydrogen) atoms. The Morgan fingerprint density at radius 3 is 2.75 bits per heavy atom. The van der Waals surface area contributed by atoms with E-state index in [1.54, 1.807) is 13.1 Å². The number of aromatic nitrogens is 4. The maximum atomic E-state index is 13.2. The maximum absolute atomic E-state index is 13.2.